The van der Waals surface area contributed by atoms with Gasteiger partial charge in [-0.2, -0.15) is 0 Å². The fraction of sp³-hybridized carbons (Fsp3) is 0.391. The molecule has 1 radical (unpaired) electrons. The fourth-order valence-electron chi connectivity index (χ4n) is 3.97. The number of hydrogen-bond donors (Lipinski definition) is 0. The first kappa shape index (κ1) is 22.7. The lowest BCUT2D eigenvalue weighted by Crippen LogP contribution is -2.60. The molecule has 1 fully saturated rings. The molecular weight excluding hydrogens is 497 g/mol. The van der Waals surface area contributed by atoms with E-state index in [4.69, 9.17) is 9.47 Å². The van der Waals surface area contributed by atoms with E-state index in [9.17, 15) is 14.8 Å². The Morgan fingerprint density at radius 1 is 0.900 bits per heavy atom. The molecular formula is C23H25INO5. The minimum Gasteiger partial charge on any atom is -0.459 e. The Hall–Kier alpha value is -1.97. The predicted octanol–water partition coefficient (Wildman–Crippen LogP) is 5.03. The molecule has 30 heavy (non-hydrogen) atoms. The zero-order valence-electron chi connectivity index (χ0n) is 17.5. The maximum Gasteiger partial charge on any atom is 0.344 e. The van der Waals surface area contributed by atoms with Crippen molar-refractivity contribution in [3.05, 3.63) is 63.2 Å². The first-order chi connectivity index (χ1) is 14.0. The number of benzene rings is 2. The maximum absolute atomic E-state index is 12.9. The molecule has 2 aromatic rings. The number of carbonyl (C=O) groups excluding carboxylic acids is 2. The summed E-state index contributed by atoms with van der Waals surface area (Å²) in [6.07, 6.45) is 0.412. The number of hydrogen-bond acceptors (Lipinski definition) is 5. The molecule has 7 heteroatoms. The van der Waals surface area contributed by atoms with Gasteiger partial charge in [0.05, 0.1) is 11.1 Å². The number of piperidine rings is 1. The standard InChI is InChI=1S/C23H25INO5/c1-22(2)13-17(14-23(3,4)25(22)28)30-21(27)19-8-6-5-7-18(19)20(26)29-16-11-9-15(24)10-12-16/h5-12,17H,13-14H2,1-4H3. The van der Waals surface area contributed by atoms with Gasteiger partial charge in [0.2, 0.25) is 0 Å². The third kappa shape index (κ3) is 5.01. The Labute approximate surface area is 190 Å². The first-order valence-corrected chi connectivity index (χ1v) is 10.8. The van der Waals surface area contributed by atoms with E-state index in [-0.39, 0.29) is 11.1 Å². The highest BCUT2D eigenvalue weighted by atomic mass is 127. The number of esters is 2. The van der Waals surface area contributed by atoms with E-state index >= 15 is 0 Å². The topological polar surface area (TPSA) is 75.7 Å². The van der Waals surface area contributed by atoms with Crippen molar-refractivity contribution in [3.8, 4) is 5.75 Å². The molecule has 2 aromatic carbocycles. The zero-order chi connectivity index (χ0) is 22.1. The van der Waals surface area contributed by atoms with E-state index in [1.165, 1.54) is 0 Å². The summed E-state index contributed by atoms with van der Waals surface area (Å²) in [5, 5.41) is 13.6. The lowest BCUT2D eigenvalue weighted by Gasteiger charge is -2.49. The monoisotopic (exact) mass is 522 g/mol. The molecule has 6 nitrogen and oxygen atoms in total. The first-order valence-electron chi connectivity index (χ1n) is 9.75. The van der Waals surface area contributed by atoms with Crippen LogP contribution in [0.3, 0.4) is 0 Å². The Morgan fingerprint density at radius 3 is 1.93 bits per heavy atom. The van der Waals surface area contributed by atoms with E-state index < -0.39 is 29.1 Å². The summed E-state index contributed by atoms with van der Waals surface area (Å²) in [6.45, 7) is 7.37. The summed E-state index contributed by atoms with van der Waals surface area (Å²) in [6, 6.07) is 13.5. The molecule has 0 unspecified atom stereocenters. The van der Waals surface area contributed by atoms with Gasteiger partial charge in [0.1, 0.15) is 11.9 Å². The molecule has 0 spiro atoms. The van der Waals surface area contributed by atoms with Crippen molar-refractivity contribution >= 4 is 34.5 Å². The van der Waals surface area contributed by atoms with Gasteiger partial charge in [-0.1, -0.05) is 12.1 Å². The van der Waals surface area contributed by atoms with Gasteiger partial charge in [0, 0.05) is 27.5 Å². The number of ether oxygens (including phenoxy) is 2. The SMILES string of the molecule is CC1(C)CC(OC(=O)c2ccccc2C(=O)Oc2ccc(I)cc2)CC(C)(C)N1[O]. The van der Waals surface area contributed by atoms with Crippen molar-refractivity contribution in [1.82, 2.24) is 5.06 Å². The minimum atomic E-state index is -0.657. The fourth-order valence-corrected chi connectivity index (χ4v) is 4.33. The van der Waals surface area contributed by atoms with E-state index in [0.29, 0.717) is 18.6 Å². The van der Waals surface area contributed by atoms with Crippen LogP contribution in [-0.4, -0.2) is 34.2 Å². The second-order valence-electron chi connectivity index (χ2n) is 8.74. The normalized spacial score (nSPS) is 18.6. The summed E-state index contributed by atoms with van der Waals surface area (Å²) < 4.78 is 12.2. The van der Waals surface area contributed by atoms with Gasteiger partial charge in [-0.15, -0.1) is 10.3 Å². The maximum atomic E-state index is 12.9. The lowest BCUT2D eigenvalue weighted by molar-refractivity contribution is -0.298. The van der Waals surface area contributed by atoms with Crippen molar-refractivity contribution in [2.24, 2.45) is 0 Å². The molecule has 0 aromatic heterocycles. The predicted molar refractivity (Wildman–Crippen MR) is 120 cm³/mol. The van der Waals surface area contributed by atoms with Gasteiger partial charge in [-0.05, 0) is 86.7 Å². The van der Waals surface area contributed by atoms with Gasteiger partial charge in [0.25, 0.3) is 0 Å². The van der Waals surface area contributed by atoms with Crippen LogP contribution in [0, 0.1) is 3.57 Å². The summed E-state index contributed by atoms with van der Waals surface area (Å²) >= 11 is 2.16. The Bertz CT molecular complexity index is 921. The molecule has 3 rings (SSSR count). The highest BCUT2D eigenvalue weighted by molar-refractivity contribution is 14.1. The second kappa shape index (κ2) is 8.64. The number of hydroxylamine groups is 2. The largest absolute Gasteiger partial charge is 0.459 e. The van der Waals surface area contributed by atoms with E-state index in [0.717, 1.165) is 8.63 Å². The van der Waals surface area contributed by atoms with Crippen LogP contribution in [-0.2, 0) is 9.94 Å². The highest BCUT2D eigenvalue weighted by Gasteiger charge is 2.47. The average Bonchev–Trinajstić information content (AvgIpc) is 2.67. The average molecular weight is 522 g/mol. The van der Waals surface area contributed by atoms with Crippen LogP contribution in [0.5, 0.6) is 5.75 Å². The van der Waals surface area contributed by atoms with Gasteiger partial charge >= 0.3 is 11.9 Å². The number of nitrogens with zero attached hydrogens (tertiary/aromatic N) is 1. The molecule has 0 amide bonds. The molecule has 1 saturated heterocycles. The molecule has 159 valence electrons. The number of halogens is 1. The molecule has 0 bridgehead atoms. The van der Waals surface area contributed by atoms with Crippen LogP contribution < -0.4 is 4.74 Å². The van der Waals surface area contributed by atoms with Crippen LogP contribution in [0.4, 0.5) is 0 Å². The van der Waals surface area contributed by atoms with Gasteiger partial charge in [-0.3, -0.25) is 0 Å². The van der Waals surface area contributed by atoms with E-state index in [2.05, 4.69) is 22.6 Å². The Morgan fingerprint density at radius 2 is 1.40 bits per heavy atom. The molecule has 1 aliphatic rings. The lowest BCUT2D eigenvalue weighted by atomic mass is 9.80. The van der Waals surface area contributed by atoms with E-state index in [1.807, 2.05) is 39.8 Å². The Kier molecular flexibility index (Phi) is 6.54. The van der Waals surface area contributed by atoms with Crippen molar-refractivity contribution in [3.63, 3.8) is 0 Å². The van der Waals surface area contributed by atoms with Gasteiger partial charge in [-0.25, -0.2) is 9.59 Å². The summed E-state index contributed by atoms with van der Waals surface area (Å²) in [4.78, 5) is 25.6. The number of rotatable bonds is 4. The molecule has 0 saturated carbocycles. The second-order valence-corrected chi connectivity index (χ2v) is 9.99. The van der Waals surface area contributed by atoms with Crippen LogP contribution in [0.25, 0.3) is 0 Å². The van der Waals surface area contributed by atoms with Crippen molar-refractivity contribution < 1.29 is 24.3 Å². The highest BCUT2D eigenvalue weighted by Crippen LogP contribution is 2.38. The zero-order valence-corrected chi connectivity index (χ0v) is 19.6. The number of carbonyl (C=O) groups is 2. The van der Waals surface area contributed by atoms with E-state index in [1.54, 1.807) is 36.4 Å². The third-order valence-corrected chi connectivity index (χ3v) is 5.94. The minimum absolute atomic E-state index is 0.140. The molecule has 0 aliphatic carbocycles. The van der Waals surface area contributed by atoms with Crippen LogP contribution in [0.1, 0.15) is 61.3 Å². The van der Waals surface area contributed by atoms with Crippen molar-refractivity contribution in [2.45, 2.75) is 57.7 Å². The van der Waals surface area contributed by atoms with Crippen LogP contribution in [0.15, 0.2) is 48.5 Å². The summed E-state index contributed by atoms with van der Waals surface area (Å²) in [5.41, 5.74) is -1.03. The van der Waals surface area contributed by atoms with Crippen LogP contribution in [0.2, 0.25) is 0 Å². The molecule has 1 aliphatic heterocycles. The van der Waals surface area contributed by atoms with Crippen LogP contribution >= 0.6 is 22.6 Å². The Balaban J connectivity index is 1.77. The molecule has 1 heterocycles. The third-order valence-electron chi connectivity index (χ3n) is 5.22. The quantitative estimate of drug-likeness (QED) is 0.320. The summed E-state index contributed by atoms with van der Waals surface area (Å²) in [5.74, 6) is -0.824. The van der Waals surface area contributed by atoms with Crippen molar-refractivity contribution in [1.29, 1.82) is 0 Å². The van der Waals surface area contributed by atoms with Gasteiger partial charge in [0.15, 0.2) is 0 Å². The smallest absolute Gasteiger partial charge is 0.344 e. The molecule has 0 atom stereocenters. The van der Waals surface area contributed by atoms with Gasteiger partial charge < -0.3 is 9.47 Å². The van der Waals surface area contributed by atoms with Crippen molar-refractivity contribution in [2.75, 3.05) is 0 Å². The summed E-state index contributed by atoms with van der Waals surface area (Å²) in [7, 11) is 0. The molecule has 0 N–H and O–H groups in total.